The first-order valence-electron chi connectivity index (χ1n) is 5.24. The van der Waals surface area contributed by atoms with Crippen LogP contribution in [0.5, 0.6) is 0 Å². The van der Waals surface area contributed by atoms with Crippen molar-refractivity contribution < 1.29 is 0 Å². The summed E-state index contributed by atoms with van der Waals surface area (Å²) in [6.07, 6.45) is 0. The second kappa shape index (κ2) is 3.67. The monoisotopic (exact) mass is 221 g/mol. The summed E-state index contributed by atoms with van der Waals surface area (Å²) in [6, 6.07) is 10.3. The first kappa shape index (κ1) is 11.7. The highest BCUT2D eigenvalue weighted by Gasteiger charge is 2.19. The molecule has 1 rings (SSSR count). The normalized spacial score (nSPS) is 13.0. The highest BCUT2D eigenvalue weighted by atomic mass is 28.3. The van der Waals surface area contributed by atoms with E-state index in [9.17, 15) is 0 Å². The maximum atomic E-state index is 3.48. The highest BCUT2D eigenvalue weighted by Crippen LogP contribution is 2.04. The Balaban J connectivity index is 3.02. The van der Waals surface area contributed by atoms with Crippen molar-refractivity contribution in [1.82, 2.24) is 0 Å². The van der Waals surface area contributed by atoms with Crippen LogP contribution in [0.25, 0.3) is 0 Å². The lowest BCUT2D eigenvalue weighted by molar-refractivity contribution is 1.65. The Morgan fingerprint density at radius 2 is 1.43 bits per heavy atom. The molecule has 0 fully saturated rings. The van der Waals surface area contributed by atoms with Crippen LogP contribution in [0.2, 0.25) is 39.3 Å². The van der Waals surface area contributed by atoms with E-state index in [1.54, 1.807) is 0 Å². The predicted molar refractivity (Wildman–Crippen MR) is 71.2 cm³/mol. The number of hydrogen-bond donors (Lipinski definition) is 0. The van der Waals surface area contributed by atoms with Crippen molar-refractivity contribution in [2.75, 3.05) is 0 Å². The standard InChI is InChI=1S/C12H21Si2/c1-13(2,3)11-7-9-12(10-8-11)14(4,5)6/h7-9H,1-6H3. The third-order valence-electron chi connectivity index (χ3n) is 2.49. The van der Waals surface area contributed by atoms with E-state index in [1.807, 2.05) is 0 Å². The zero-order chi connectivity index (χ0) is 11.0. The fraction of sp³-hybridized carbons (Fsp3) is 0.500. The maximum absolute atomic E-state index is 3.48. The van der Waals surface area contributed by atoms with Gasteiger partial charge in [0.15, 0.2) is 0 Å². The molecular weight excluding hydrogens is 200 g/mol. The molecule has 0 amide bonds. The number of hydrogen-bond acceptors (Lipinski definition) is 0. The lowest BCUT2D eigenvalue weighted by atomic mass is 10.4. The topological polar surface area (TPSA) is 0 Å². The van der Waals surface area contributed by atoms with Crippen LogP contribution >= 0.6 is 0 Å². The maximum Gasteiger partial charge on any atom is 0.0784 e. The molecular formula is C12H21Si2. The summed E-state index contributed by atoms with van der Waals surface area (Å²) < 4.78 is 0. The molecule has 0 unspecified atom stereocenters. The van der Waals surface area contributed by atoms with Gasteiger partial charge >= 0.3 is 0 Å². The molecule has 2 heteroatoms. The first-order chi connectivity index (χ1) is 6.21. The third-order valence-corrected chi connectivity index (χ3v) is 6.46. The van der Waals surface area contributed by atoms with Crippen LogP contribution in [-0.4, -0.2) is 16.1 Å². The zero-order valence-electron chi connectivity index (χ0n) is 10.2. The molecule has 0 saturated heterocycles. The van der Waals surface area contributed by atoms with Crippen molar-refractivity contribution in [2.24, 2.45) is 0 Å². The molecule has 0 aliphatic carbocycles. The Kier molecular flexibility index (Phi) is 3.07. The van der Waals surface area contributed by atoms with Gasteiger partial charge in [-0.05, 0) is 6.07 Å². The van der Waals surface area contributed by atoms with Crippen LogP contribution in [0.4, 0.5) is 0 Å². The third kappa shape index (κ3) is 2.82. The Hall–Kier alpha value is -0.346. The predicted octanol–water partition coefficient (Wildman–Crippen LogP) is 2.58. The van der Waals surface area contributed by atoms with Gasteiger partial charge in [-0.15, -0.1) is 0 Å². The lowest BCUT2D eigenvalue weighted by Gasteiger charge is -2.20. The van der Waals surface area contributed by atoms with Crippen molar-refractivity contribution in [3.63, 3.8) is 0 Å². The molecule has 14 heavy (non-hydrogen) atoms. The summed E-state index contributed by atoms with van der Waals surface area (Å²) in [5.74, 6) is 0. The quantitative estimate of drug-likeness (QED) is 0.674. The summed E-state index contributed by atoms with van der Waals surface area (Å²) in [7, 11) is -2.29. The Labute approximate surface area is 90.4 Å². The molecule has 0 spiro atoms. The molecule has 1 aromatic carbocycles. The van der Waals surface area contributed by atoms with Crippen LogP contribution < -0.4 is 10.4 Å². The van der Waals surface area contributed by atoms with Crippen LogP contribution in [0.1, 0.15) is 0 Å². The minimum absolute atomic E-state index is 1.13. The van der Waals surface area contributed by atoms with Gasteiger partial charge < -0.3 is 0 Å². The van der Waals surface area contributed by atoms with E-state index in [1.165, 1.54) is 10.4 Å². The van der Waals surface area contributed by atoms with Gasteiger partial charge in [0.1, 0.15) is 0 Å². The minimum atomic E-state index is -1.16. The van der Waals surface area contributed by atoms with Gasteiger partial charge in [-0.2, -0.15) is 0 Å². The molecule has 0 saturated carbocycles. The molecule has 0 aliphatic rings. The Morgan fingerprint density at radius 3 is 1.71 bits per heavy atom. The largest absolute Gasteiger partial charge is 0.0784 e. The van der Waals surface area contributed by atoms with Crippen LogP contribution in [0, 0.1) is 6.07 Å². The van der Waals surface area contributed by atoms with Crippen LogP contribution in [-0.2, 0) is 0 Å². The lowest BCUT2D eigenvalue weighted by Crippen LogP contribution is -2.42. The number of benzene rings is 1. The van der Waals surface area contributed by atoms with E-state index in [-0.39, 0.29) is 0 Å². The van der Waals surface area contributed by atoms with Gasteiger partial charge in [-0.1, -0.05) is 67.9 Å². The number of rotatable bonds is 2. The molecule has 0 aliphatic heterocycles. The molecule has 0 aromatic heterocycles. The van der Waals surface area contributed by atoms with Gasteiger partial charge in [-0.25, -0.2) is 0 Å². The van der Waals surface area contributed by atoms with Crippen LogP contribution in [0.15, 0.2) is 18.2 Å². The van der Waals surface area contributed by atoms with Crippen molar-refractivity contribution in [3.05, 3.63) is 24.3 Å². The SMILES string of the molecule is C[Si](C)(C)c1[c]cc([Si](C)(C)C)cc1. The Bertz CT molecular complexity index is 266. The van der Waals surface area contributed by atoms with Crippen molar-refractivity contribution in [2.45, 2.75) is 39.3 Å². The van der Waals surface area contributed by atoms with E-state index >= 15 is 0 Å². The summed E-state index contributed by atoms with van der Waals surface area (Å²) in [5, 5.41) is 2.96. The first-order valence-corrected chi connectivity index (χ1v) is 12.2. The minimum Gasteiger partial charge on any atom is -0.0656 e. The van der Waals surface area contributed by atoms with Gasteiger partial charge in [0.25, 0.3) is 0 Å². The van der Waals surface area contributed by atoms with Crippen molar-refractivity contribution in [1.29, 1.82) is 0 Å². The summed E-state index contributed by atoms with van der Waals surface area (Å²) in [5.41, 5.74) is 0. The molecule has 0 bridgehead atoms. The highest BCUT2D eigenvalue weighted by molar-refractivity contribution is 6.90. The summed E-state index contributed by atoms with van der Waals surface area (Å²) >= 11 is 0. The molecule has 1 radical (unpaired) electrons. The van der Waals surface area contributed by atoms with E-state index in [0.29, 0.717) is 0 Å². The smallest absolute Gasteiger partial charge is 0.0656 e. The molecule has 77 valence electrons. The van der Waals surface area contributed by atoms with Gasteiger partial charge in [0, 0.05) is 0 Å². The van der Waals surface area contributed by atoms with Gasteiger partial charge in [0.05, 0.1) is 16.1 Å². The molecule has 0 atom stereocenters. The second-order valence-electron chi connectivity index (χ2n) is 5.99. The molecule has 1 aromatic rings. The van der Waals surface area contributed by atoms with E-state index in [4.69, 9.17) is 0 Å². The molecule has 0 heterocycles. The summed E-state index contributed by atoms with van der Waals surface area (Å²) in [4.78, 5) is 0. The average Bonchev–Trinajstić information content (AvgIpc) is 2.01. The van der Waals surface area contributed by atoms with Gasteiger partial charge in [0.2, 0.25) is 0 Å². The molecule has 0 nitrogen and oxygen atoms in total. The van der Waals surface area contributed by atoms with E-state index < -0.39 is 16.1 Å². The molecule has 0 N–H and O–H groups in total. The van der Waals surface area contributed by atoms with Crippen molar-refractivity contribution >= 4 is 26.5 Å². The fourth-order valence-electron chi connectivity index (χ4n) is 1.36. The zero-order valence-corrected chi connectivity index (χ0v) is 12.2. The van der Waals surface area contributed by atoms with Gasteiger partial charge in [-0.3, -0.25) is 0 Å². The van der Waals surface area contributed by atoms with E-state index in [2.05, 4.69) is 63.5 Å². The van der Waals surface area contributed by atoms with E-state index in [0.717, 1.165) is 0 Å². The Morgan fingerprint density at radius 1 is 0.857 bits per heavy atom. The van der Waals surface area contributed by atoms with Crippen LogP contribution in [0.3, 0.4) is 0 Å². The average molecular weight is 221 g/mol. The fourth-order valence-corrected chi connectivity index (χ4v) is 3.53. The second-order valence-corrected chi connectivity index (χ2v) is 16.1. The summed E-state index contributed by atoms with van der Waals surface area (Å²) in [6.45, 7) is 14.2. The van der Waals surface area contributed by atoms with Crippen molar-refractivity contribution in [3.8, 4) is 0 Å².